The maximum absolute atomic E-state index is 11.9. The topological polar surface area (TPSA) is 64.3 Å². The summed E-state index contributed by atoms with van der Waals surface area (Å²) >= 11 is 3.33. The Morgan fingerprint density at radius 2 is 1.83 bits per heavy atom. The molecule has 0 saturated carbocycles. The van der Waals surface area contributed by atoms with Crippen LogP contribution in [-0.2, 0) is 10.2 Å². The van der Waals surface area contributed by atoms with Crippen LogP contribution in [-0.4, -0.2) is 12.5 Å². The Morgan fingerprint density at radius 3 is 2.39 bits per heavy atom. The minimum atomic E-state index is -0.251. The SMILES string of the molecule is CC(C)(C)c1ccc(OCC(=O)Nc2ccc(Br)cc2N)cc1. The lowest BCUT2D eigenvalue weighted by molar-refractivity contribution is -0.118. The lowest BCUT2D eigenvalue weighted by atomic mass is 9.87. The number of rotatable bonds is 4. The predicted octanol–water partition coefficient (Wildman–Crippen LogP) is 4.35. The number of amides is 1. The first-order chi connectivity index (χ1) is 10.8. The first-order valence-corrected chi connectivity index (χ1v) is 8.13. The molecular formula is C18H21BrN2O2. The Morgan fingerprint density at radius 1 is 1.17 bits per heavy atom. The van der Waals surface area contributed by atoms with Gasteiger partial charge in [0.25, 0.3) is 5.91 Å². The molecule has 23 heavy (non-hydrogen) atoms. The first kappa shape index (κ1) is 17.3. The Hall–Kier alpha value is -2.01. The molecule has 0 radical (unpaired) electrons. The molecule has 0 heterocycles. The van der Waals surface area contributed by atoms with Crippen LogP contribution in [0.25, 0.3) is 0 Å². The van der Waals surface area contributed by atoms with Gasteiger partial charge in [0.1, 0.15) is 5.75 Å². The number of hydrogen-bond acceptors (Lipinski definition) is 3. The van der Waals surface area contributed by atoms with E-state index in [0.29, 0.717) is 17.1 Å². The molecule has 122 valence electrons. The normalized spacial score (nSPS) is 11.1. The van der Waals surface area contributed by atoms with Crippen LogP contribution in [0.5, 0.6) is 5.75 Å². The Bertz CT molecular complexity index is 691. The van der Waals surface area contributed by atoms with Gasteiger partial charge < -0.3 is 15.8 Å². The summed E-state index contributed by atoms with van der Waals surface area (Å²) in [5.74, 6) is 0.413. The highest BCUT2D eigenvalue weighted by molar-refractivity contribution is 9.10. The Labute approximate surface area is 145 Å². The number of ether oxygens (including phenoxy) is 1. The van der Waals surface area contributed by atoms with Crippen LogP contribution in [0.4, 0.5) is 11.4 Å². The minimum absolute atomic E-state index is 0.0651. The number of anilines is 2. The maximum atomic E-state index is 11.9. The summed E-state index contributed by atoms with van der Waals surface area (Å²) < 4.78 is 6.37. The number of benzene rings is 2. The van der Waals surface area contributed by atoms with E-state index in [1.54, 1.807) is 12.1 Å². The number of nitrogen functional groups attached to an aromatic ring is 1. The monoisotopic (exact) mass is 376 g/mol. The van der Waals surface area contributed by atoms with Gasteiger partial charge in [-0.25, -0.2) is 0 Å². The summed E-state index contributed by atoms with van der Waals surface area (Å²) in [7, 11) is 0. The van der Waals surface area contributed by atoms with Gasteiger partial charge in [0.2, 0.25) is 0 Å². The fraction of sp³-hybridized carbons (Fsp3) is 0.278. The van der Waals surface area contributed by atoms with Crippen molar-refractivity contribution in [3.63, 3.8) is 0 Å². The quantitative estimate of drug-likeness (QED) is 0.779. The molecule has 0 bridgehead atoms. The summed E-state index contributed by atoms with van der Waals surface area (Å²) in [4.78, 5) is 11.9. The van der Waals surface area contributed by atoms with E-state index in [4.69, 9.17) is 10.5 Å². The van der Waals surface area contributed by atoms with Gasteiger partial charge in [0.15, 0.2) is 6.61 Å². The highest BCUT2D eigenvalue weighted by Crippen LogP contribution is 2.25. The Kier molecular flexibility index (Phi) is 5.31. The first-order valence-electron chi connectivity index (χ1n) is 7.34. The van der Waals surface area contributed by atoms with Gasteiger partial charge in [-0.1, -0.05) is 48.8 Å². The van der Waals surface area contributed by atoms with Gasteiger partial charge >= 0.3 is 0 Å². The number of nitrogens with one attached hydrogen (secondary N) is 1. The second-order valence-electron chi connectivity index (χ2n) is 6.34. The molecule has 0 unspecified atom stereocenters. The molecule has 0 aromatic heterocycles. The minimum Gasteiger partial charge on any atom is -0.484 e. The standard InChI is InChI=1S/C18H21BrN2O2/c1-18(2,3)12-4-7-14(8-5-12)23-11-17(22)21-16-9-6-13(19)10-15(16)20/h4-10H,11,20H2,1-3H3,(H,21,22). The van der Waals surface area contributed by atoms with E-state index in [1.807, 2.05) is 30.3 Å². The third kappa shape index (κ3) is 4.99. The fourth-order valence-corrected chi connectivity index (χ4v) is 2.41. The molecule has 4 nitrogen and oxygen atoms in total. The van der Waals surface area contributed by atoms with Gasteiger partial charge in [-0.15, -0.1) is 0 Å². The van der Waals surface area contributed by atoms with Crippen molar-refractivity contribution in [3.8, 4) is 5.75 Å². The van der Waals surface area contributed by atoms with Crippen LogP contribution in [0.1, 0.15) is 26.3 Å². The van der Waals surface area contributed by atoms with Crippen LogP contribution >= 0.6 is 15.9 Å². The number of carbonyl (C=O) groups is 1. The van der Waals surface area contributed by atoms with Crippen molar-refractivity contribution >= 4 is 33.2 Å². The van der Waals surface area contributed by atoms with E-state index in [-0.39, 0.29) is 17.9 Å². The lowest BCUT2D eigenvalue weighted by Gasteiger charge is -2.19. The molecule has 0 aliphatic rings. The summed E-state index contributed by atoms with van der Waals surface area (Å²) in [6.45, 7) is 6.39. The van der Waals surface area contributed by atoms with Crippen molar-refractivity contribution in [1.29, 1.82) is 0 Å². The fourth-order valence-electron chi connectivity index (χ4n) is 2.03. The second-order valence-corrected chi connectivity index (χ2v) is 7.26. The predicted molar refractivity (Wildman–Crippen MR) is 97.8 cm³/mol. The van der Waals surface area contributed by atoms with Crippen molar-refractivity contribution < 1.29 is 9.53 Å². The largest absolute Gasteiger partial charge is 0.484 e. The van der Waals surface area contributed by atoms with Crippen molar-refractivity contribution in [2.75, 3.05) is 17.7 Å². The van der Waals surface area contributed by atoms with E-state index in [0.717, 1.165) is 4.47 Å². The van der Waals surface area contributed by atoms with Gasteiger partial charge in [-0.05, 0) is 41.3 Å². The average Bonchev–Trinajstić information content (AvgIpc) is 2.47. The zero-order valence-corrected chi connectivity index (χ0v) is 15.1. The molecule has 2 aromatic carbocycles. The zero-order chi connectivity index (χ0) is 17.0. The molecule has 0 fully saturated rings. The molecule has 0 aliphatic heterocycles. The number of hydrogen-bond donors (Lipinski definition) is 2. The number of nitrogens with two attached hydrogens (primary N) is 1. The molecule has 5 heteroatoms. The van der Waals surface area contributed by atoms with Crippen LogP contribution < -0.4 is 15.8 Å². The van der Waals surface area contributed by atoms with Crippen molar-refractivity contribution in [3.05, 3.63) is 52.5 Å². The molecule has 3 N–H and O–H groups in total. The summed E-state index contributed by atoms with van der Waals surface area (Å²) in [5.41, 5.74) is 8.24. The van der Waals surface area contributed by atoms with Crippen LogP contribution in [0.3, 0.4) is 0 Å². The highest BCUT2D eigenvalue weighted by Gasteiger charge is 2.13. The average molecular weight is 377 g/mol. The highest BCUT2D eigenvalue weighted by atomic mass is 79.9. The summed E-state index contributed by atoms with van der Waals surface area (Å²) in [6.07, 6.45) is 0. The molecule has 2 rings (SSSR count). The zero-order valence-electron chi connectivity index (χ0n) is 13.5. The van der Waals surface area contributed by atoms with E-state index in [1.165, 1.54) is 5.56 Å². The smallest absolute Gasteiger partial charge is 0.262 e. The van der Waals surface area contributed by atoms with E-state index in [9.17, 15) is 4.79 Å². The summed E-state index contributed by atoms with van der Waals surface area (Å²) in [6, 6.07) is 13.1. The number of carbonyl (C=O) groups excluding carboxylic acids is 1. The summed E-state index contributed by atoms with van der Waals surface area (Å²) in [5, 5.41) is 2.73. The second kappa shape index (κ2) is 7.04. The van der Waals surface area contributed by atoms with Crippen LogP contribution in [0.2, 0.25) is 0 Å². The molecule has 0 aliphatic carbocycles. The molecular weight excluding hydrogens is 356 g/mol. The maximum Gasteiger partial charge on any atom is 0.262 e. The molecule has 1 amide bonds. The lowest BCUT2D eigenvalue weighted by Crippen LogP contribution is -2.20. The molecule has 2 aromatic rings. The molecule has 0 saturated heterocycles. The van der Waals surface area contributed by atoms with Crippen LogP contribution in [0, 0.1) is 0 Å². The van der Waals surface area contributed by atoms with Crippen LogP contribution in [0.15, 0.2) is 46.9 Å². The molecule has 0 atom stereocenters. The van der Waals surface area contributed by atoms with Gasteiger partial charge in [0.05, 0.1) is 11.4 Å². The Balaban J connectivity index is 1.91. The molecule has 0 spiro atoms. The van der Waals surface area contributed by atoms with Gasteiger partial charge in [-0.3, -0.25) is 4.79 Å². The van der Waals surface area contributed by atoms with E-state index < -0.39 is 0 Å². The van der Waals surface area contributed by atoms with Crippen molar-refractivity contribution in [1.82, 2.24) is 0 Å². The van der Waals surface area contributed by atoms with Gasteiger partial charge in [-0.2, -0.15) is 0 Å². The van der Waals surface area contributed by atoms with E-state index >= 15 is 0 Å². The van der Waals surface area contributed by atoms with Crippen molar-refractivity contribution in [2.45, 2.75) is 26.2 Å². The number of halogens is 1. The van der Waals surface area contributed by atoms with Gasteiger partial charge in [0, 0.05) is 4.47 Å². The third-order valence-electron chi connectivity index (χ3n) is 3.38. The van der Waals surface area contributed by atoms with Crippen molar-refractivity contribution in [2.24, 2.45) is 0 Å². The van der Waals surface area contributed by atoms with E-state index in [2.05, 4.69) is 42.0 Å². The third-order valence-corrected chi connectivity index (χ3v) is 3.87.